The van der Waals surface area contributed by atoms with Gasteiger partial charge in [-0.15, -0.1) is 0 Å². The molecule has 1 fully saturated rings. The van der Waals surface area contributed by atoms with Gasteiger partial charge < -0.3 is 9.64 Å². The molecule has 3 amide bonds. The zero-order valence-corrected chi connectivity index (χ0v) is 17.4. The number of benzene rings is 1. The Morgan fingerprint density at radius 3 is 2.88 bits per heavy atom. The number of nitrogens with one attached hydrogen (secondary N) is 1. The van der Waals surface area contributed by atoms with Gasteiger partial charge >= 0.3 is 0 Å². The smallest absolute Gasteiger partial charge is 0.255 e. The van der Waals surface area contributed by atoms with Crippen LogP contribution in [0, 0.1) is 0 Å². The molecule has 5 rings (SSSR count). The van der Waals surface area contributed by atoms with Crippen LogP contribution in [0.25, 0.3) is 16.9 Å². The molecule has 3 aromatic rings. The third-order valence-corrected chi connectivity index (χ3v) is 5.80. The van der Waals surface area contributed by atoms with E-state index in [0.29, 0.717) is 25.1 Å². The molecule has 1 unspecified atom stereocenters. The summed E-state index contributed by atoms with van der Waals surface area (Å²) in [4.78, 5) is 42.5. The quantitative estimate of drug-likeness (QED) is 0.618. The molecule has 2 aliphatic heterocycles. The van der Waals surface area contributed by atoms with Crippen molar-refractivity contribution >= 4 is 17.7 Å². The SMILES string of the molecule is COCc1ncccc1-n1ccc(-c2ccc3c(c2)CN(C2CCC(=O)NC2=O)C3=O)n1. The van der Waals surface area contributed by atoms with Gasteiger partial charge in [0, 0.05) is 43.6 Å². The zero-order valence-electron chi connectivity index (χ0n) is 17.4. The van der Waals surface area contributed by atoms with Crippen LogP contribution in [0.5, 0.6) is 0 Å². The fourth-order valence-electron chi connectivity index (χ4n) is 4.23. The van der Waals surface area contributed by atoms with E-state index in [1.165, 1.54) is 0 Å². The Labute approximate surface area is 184 Å². The van der Waals surface area contributed by atoms with Crippen molar-refractivity contribution in [3.05, 3.63) is 65.6 Å². The van der Waals surface area contributed by atoms with E-state index in [1.807, 2.05) is 36.5 Å². The first-order valence-electron chi connectivity index (χ1n) is 10.3. The van der Waals surface area contributed by atoms with Gasteiger partial charge in [0.05, 0.1) is 23.7 Å². The molecular formula is C23H21N5O4. The summed E-state index contributed by atoms with van der Waals surface area (Å²) >= 11 is 0. The largest absolute Gasteiger partial charge is 0.378 e. The van der Waals surface area contributed by atoms with Gasteiger partial charge in [0.1, 0.15) is 6.04 Å². The van der Waals surface area contributed by atoms with E-state index in [-0.39, 0.29) is 18.2 Å². The van der Waals surface area contributed by atoms with Crippen molar-refractivity contribution in [2.75, 3.05) is 7.11 Å². The first kappa shape index (κ1) is 20.1. The van der Waals surface area contributed by atoms with Gasteiger partial charge in [0.15, 0.2) is 0 Å². The Hall–Kier alpha value is -3.85. The lowest BCUT2D eigenvalue weighted by molar-refractivity contribution is -0.136. The number of nitrogens with zero attached hydrogens (tertiary/aromatic N) is 4. The van der Waals surface area contributed by atoms with Crippen LogP contribution in [-0.2, 0) is 27.5 Å². The number of rotatable bonds is 5. The Kier molecular flexibility index (Phi) is 5.02. The van der Waals surface area contributed by atoms with Crippen molar-refractivity contribution in [2.24, 2.45) is 0 Å². The molecule has 162 valence electrons. The molecule has 4 heterocycles. The molecule has 1 aromatic carbocycles. The van der Waals surface area contributed by atoms with E-state index in [1.54, 1.807) is 29.0 Å². The summed E-state index contributed by atoms with van der Waals surface area (Å²) in [5.41, 5.74) is 4.66. The second-order valence-electron chi connectivity index (χ2n) is 7.82. The summed E-state index contributed by atoms with van der Waals surface area (Å²) in [5, 5.41) is 7.01. The van der Waals surface area contributed by atoms with Crippen LogP contribution in [0.1, 0.15) is 34.5 Å². The third kappa shape index (κ3) is 3.46. The molecule has 1 N–H and O–H groups in total. The van der Waals surface area contributed by atoms with E-state index in [0.717, 1.165) is 28.2 Å². The topological polar surface area (TPSA) is 106 Å². The zero-order chi connectivity index (χ0) is 22.2. The normalized spacial score (nSPS) is 18.1. The molecule has 0 aliphatic carbocycles. The summed E-state index contributed by atoms with van der Waals surface area (Å²) in [6, 6.07) is 10.6. The predicted molar refractivity (Wildman–Crippen MR) is 114 cm³/mol. The number of imide groups is 1. The Bertz CT molecular complexity index is 1230. The van der Waals surface area contributed by atoms with E-state index in [9.17, 15) is 14.4 Å². The van der Waals surface area contributed by atoms with Crippen molar-refractivity contribution < 1.29 is 19.1 Å². The highest BCUT2D eigenvalue weighted by atomic mass is 16.5. The molecule has 1 saturated heterocycles. The van der Waals surface area contributed by atoms with Crippen LogP contribution in [-0.4, -0.2) is 50.5 Å². The summed E-state index contributed by atoms with van der Waals surface area (Å²) in [5.74, 6) is -0.897. The van der Waals surface area contributed by atoms with Gasteiger partial charge in [-0.1, -0.05) is 6.07 Å². The fourth-order valence-corrected chi connectivity index (χ4v) is 4.23. The van der Waals surface area contributed by atoms with Gasteiger partial charge in [-0.2, -0.15) is 5.10 Å². The minimum absolute atomic E-state index is 0.189. The lowest BCUT2D eigenvalue weighted by Gasteiger charge is -2.29. The van der Waals surface area contributed by atoms with Crippen LogP contribution < -0.4 is 5.32 Å². The Morgan fingerprint density at radius 1 is 1.19 bits per heavy atom. The van der Waals surface area contributed by atoms with E-state index < -0.39 is 11.9 Å². The molecule has 9 heteroatoms. The number of hydrogen-bond acceptors (Lipinski definition) is 6. The number of carbonyl (C=O) groups excluding carboxylic acids is 3. The number of methoxy groups -OCH3 is 1. The molecular weight excluding hydrogens is 410 g/mol. The second kappa shape index (κ2) is 8.01. The number of amides is 3. The maximum atomic E-state index is 12.9. The fraction of sp³-hybridized carbons (Fsp3) is 0.261. The van der Waals surface area contributed by atoms with Crippen LogP contribution >= 0.6 is 0 Å². The van der Waals surface area contributed by atoms with Crippen molar-refractivity contribution in [2.45, 2.75) is 32.0 Å². The van der Waals surface area contributed by atoms with Crippen LogP contribution in [0.4, 0.5) is 0 Å². The summed E-state index contributed by atoms with van der Waals surface area (Å²) < 4.78 is 6.98. The molecule has 9 nitrogen and oxygen atoms in total. The molecule has 0 radical (unpaired) electrons. The van der Waals surface area contributed by atoms with Crippen LogP contribution in [0.3, 0.4) is 0 Å². The Morgan fingerprint density at radius 2 is 2.06 bits per heavy atom. The van der Waals surface area contributed by atoms with Crippen molar-refractivity contribution in [3.8, 4) is 16.9 Å². The van der Waals surface area contributed by atoms with Gasteiger partial charge in [0.25, 0.3) is 5.91 Å². The van der Waals surface area contributed by atoms with Crippen molar-refractivity contribution in [1.82, 2.24) is 25.0 Å². The highest BCUT2D eigenvalue weighted by molar-refractivity contribution is 6.05. The number of pyridine rings is 1. The monoisotopic (exact) mass is 431 g/mol. The highest BCUT2D eigenvalue weighted by Gasteiger charge is 2.39. The summed E-state index contributed by atoms with van der Waals surface area (Å²) in [6.45, 7) is 0.706. The third-order valence-electron chi connectivity index (χ3n) is 5.80. The molecule has 1 atom stereocenters. The molecule has 32 heavy (non-hydrogen) atoms. The van der Waals surface area contributed by atoms with Crippen molar-refractivity contribution in [1.29, 1.82) is 0 Å². The molecule has 0 saturated carbocycles. The lowest BCUT2D eigenvalue weighted by atomic mass is 10.0. The predicted octanol–water partition coefficient (Wildman–Crippen LogP) is 1.84. The summed E-state index contributed by atoms with van der Waals surface area (Å²) in [7, 11) is 1.62. The van der Waals surface area contributed by atoms with Gasteiger partial charge in [-0.25, -0.2) is 4.68 Å². The van der Waals surface area contributed by atoms with Crippen molar-refractivity contribution in [3.63, 3.8) is 0 Å². The van der Waals surface area contributed by atoms with E-state index in [4.69, 9.17) is 4.74 Å². The number of fused-ring (bicyclic) bond motifs is 1. The highest BCUT2D eigenvalue weighted by Crippen LogP contribution is 2.31. The number of hydrogen-bond donors (Lipinski definition) is 1. The maximum absolute atomic E-state index is 12.9. The number of ether oxygens (including phenoxy) is 1. The number of carbonyl (C=O) groups is 3. The minimum Gasteiger partial charge on any atom is -0.378 e. The van der Waals surface area contributed by atoms with E-state index >= 15 is 0 Å². The first-order valence-corrected chi connectivity index (χ1v) is 10.3. The molecule has 2 aliphatic rings. The number of aromatic nitrogens is 3. The molecule has 0 bridgehead atoms. The van der Waals surface area contributed by atoms with Gasteiger partial charge in [0.2, 0.25) is 11.8 Å². The van der Waals surface area contributed by atoms with Crippen LogP contribution in [0.2, 0.25) is 0 Å². The number of piperidine rings is 1. The molecule has 2 aromatic heterocycles. The van der Waals surface area contributed by atoms with E-state index in [2.05, 4.69) is 15.4 Å². The second-order valence-corrected chi connectivity index (χ2v) is 7.82. The minimum atomic E-state index is -0.625. The molecule has 0 spiro atoms. The first-order chi connectivity index (χ1) is 15.5. The Balaban J connectivity index is 1.41. The average molecular weight is 431 g/mol. The maximum Gasteiger partial charge on any atom is 0.255 e. The summed E-state index contributed by atoms with van der Waals surface area (Å²) in [6.07, 6.45) is 4.16. The average Bonchev–Trinajstić information content (AvgIpc) is 3.40. The lowest BCUT2D eigenvalue weighted by Crippen LogP contribution is -2.52. The van der Waals surface area contributed by atoms with Gasteiger partial charge in [-0.05, 0) is 42.3 Å². The van der Waals surface area contributed by atoms with Crippen LogP contribution in [0.15, 0.2) is 48.8 Å². The van der Waals surface area contributed by atoms with Gasteiger partial charge in [-0.3, -0.25) is 24.7 Å². The standard InChI is InChI=1S/C23H21N5O4/c1-32-13-18-19(3-2-9-24-18)28-10-8-17(26-28)14-4-5-16-15(11-14)12-27(23(16)31)20-6-7-21(29)25-22(20)30/h2-5,8-11,20H,6-7,12-13H2,1H3,(H,25,29,30).